The molecule has 2 fully saturated rings. The lowest BCUT2D eigenvalue weighted by Gasteiger charge is -2.41. The number of aliphatic hydroxyl groups excluding tert-OH is 1. The molecule has 2 aliphatic rings. The molecule has 2 saturated heterocycles. The van der Waals surface area contributed by atoms with Gasteiger partial charge in [0.25, 0.3) is 7.82 Å². The molecule has 2 N–H and O–H groups in total. The van der Waals surface area contributed by atoms with Crippen LogP contribution in [0.15, 0.2) is 6.20 Å². The molecular formula is C14H22N4O8P-. The highest BCUT2D eigenvalue weighted by Crippen LogP contribution is 2.52. The van der Waals surface area contributed by atoms with Crippen molar-refractivity contribution in [2.45, 2.75) is 64.1 Å². The molecule has 0 spiro atoms. The van der Waals surface area contributed by atoms with Crippen molar-refractivity contribution >= 4 is 13.7 Å². The summed E-state index contributed by atoms with van der Waals surface area (Å²) in [6.45, 7) is 4.65. The van der Waals surface area contributed by atoms with Gasteiger partial charge in [-0.05, 0) is 13.8 Å². The van der Waals surface area contributed by atoms with Crippen LogP contribution < -0.4 is 10.2 Å². The van der Waals surface area contributed by atoms with Crippen LogP contribution in [0.1, 0.15) is 32.5 Å². The van der Waals surface area contributed by atoms with E-state index in [0.29, 0.717) is 5.69 Å². The summed E-state index contributed by atoms with van der Waals surface area (Å²) in [6.07, 6.45) is -2.55. The third-order valence-electron chi connectivity index (χ3n) is 4.18. The molecule has 0 saturated carbocycles. The summed E-state index contributed by atoms with van der Waals surface area (Å²) in [7, 11) is -4.56. The van der Waals surface area contributed by atoms with E-state index in [9.17, 15) is 19.4 Å². The minimum absolute atomic E-state index is 0.00109. The summed E-state index contributed by atoms with van der Waals surface area (Å²) in [6, 6.07) is -0.834. The number of phosphoric acid groups is 1. The Kier molecular flexibility index (Phi) is 5.96. The van der Waals surface area contributed by atoms with Gasteiger partial charge in [0, 0.05) is 13.0 Å². The highest BCUT2D eigenvalue weighted by Gasteiger charge is 2.54. The minimum atomic E-state index is -4.56. The van der Waals surface area contributed by atoms with Crippen LogP contribution in [0.5, 0.6) is 0 Å². The Balaban J connectivity index is 1.76. The number of amides is 1. The predicted octanol–water partition coefficient (Wildman–Crippen LogP) is -1.15. The van der Waals surface area contributed by atoms with Crippen LogP contribution in [0.2, 0.25) is 0 Å². The summed E-state index contributed by atoms with van der Waals surface area (Å²) in [5, 5.41) is 20.0. The van der Waals surface area contributed by atoms with Gasteiger partial charge in [0.15, 0.2) is 6.29 Å². The van der Waals surface area contributed by atoms with Gasteiger partial charge in [-0.3, -0.25) is 9.36 Å². The molecule has 12 nitrogen and oxygen atoms in total. The van der Waals surface area contributed by atoms with E-state index in [1.165, 1.54) is 6.92 Å². The van der Waals surface area contributed by atoms with E-state index < -0.39 is 51.0 Å². The number of nitrogens with one attached hydrogen (secondary N) is 1. The van der Waals surface area contributed by atoms with Gasteiger partial charge >= 0.3 is 0 Å². The van der Waals surface area contributed by atoms with Crippen molar-refractivity contribution in [2.75, 3.05) is 6.61 Å². The van der Waals surface area contributed by atoms with Crippen LogP contribution in [0.4, 0.5) is 0 Å². The second-order valence-electron chi connectivity index (χ2n) is 6.63. The largest absolute Gasteiger partial charge is 0.756 e. The molecule has 0 bridgehead atoms. The molecule has 0 aromatic carbocycles. The Hall–Kier alpha value is -1.40. The van der Waals surface area contributed by atoms with E-state index in [0.717, 1.165) is 0 Å². The van der Waals surface area contributed by atoms with Gasteiger partial charge in [-0.2, -0.15) is 0 Å². The van der Waals surface area contributed by atoms with Crippen molar-refractivity contribution in [2.24, 2.45) is 0 Å². The fourth-order valence-electron chi connectivity index (χ4n) is 2.96. The number of carbonyl (C=O) groups is 1. The number of ether oxygens (including phenoxy) is 2. The minimum Gasteiger partial charge on any atom is -0.756 e. The SMILES string of the molecule is CC(=O)N[C@H]1[C@H](OCc2cn(C(C)C)nn2)O[C@H](CO)[C@@H]2OP(=O)([O-])O[C@H]12. The van der Waals surface area contributed by atoms with Crippen LogP contribution in [0.3, 0.4) is 0 Å². The van der Waals surface area contributed by atoms with Crippen molar-refractivity contribution in [1.29, 1.82) is 0 Å². The molecule has 1 aromatic heterocycles. The smallest absolute Gasteiger partial charge is 0.268 e. The molecule has 152 valence electrons. The van der Waals surface area contributed by atoms with E-state index in [1.54, 1.807) is 10.9 Å². The first kappa shape index (κ1) is 20.3. The molecule has 1 amide bonds. The Labute approximate surface area is 155 Å². The summed E-state index contributed by atoms with van der Waals surface area (Å²) in [5.74, 6) is -0.430. The van der Waals surface area contributed by atoms with E-state index in [4.69, 9.17) is 18.5 Å². The molecule has 1 aromatic rings. The van der Waals surface area contributed by atoms with Crippen molar-refractivity contribution in [1.82, 2.24) is 20.3 Å². The van der Waals surface area contributed by atoms with Gasteiger partial charge in [-0.15, -0.1) is 5.10 Å². The van der Waals surface area contributed by atoms with E-state index in [1.807, 2.05) is 13.8 Å². The van der Waals surface area contributed by atoms with Crippen molar-refractivity contribution in [3.05, 3.63) is 11.9 Å². The van der Waals surface area contributed by atoms with E-state index in [2.05, 4.69) is 15.6 Å². The molecule has 0 radical (unpaired) electrons. The first-order chi connectivity index (χ1) is 12.7. The topological polar surface area (TPSA) is 157 Å². The second-order valence-corrected chi connectivity index (χ2v) is 7.95. The summed E-state index contributed by atoms with van der Waals surface area (Å²) < 4.78 is 34.5. The van der Waals surface area contributed by atoms with Gasteiger partial charge in [0.1, 0.15) is 30.0 Å². The van der Waals surface area contributed by atoms with Gasteiger partial charge < -0.3 is 33.8 Å². The first-order valence-electron chi connectivity index (χ1n) is 8.44. The molecule has 1 unspecified atom stereocenters. The number of hydrogen-bond acceptors (Lipinski definition) is 10. The molecular weight excluding hydrogens is 383 g/mol. The average Bonchev–Trinajstić information content (AvgIpc) is 3.17. The van der Waals surface area contributed by atoms with Crippen LogP contribution in [-0.4, -0.2) is 63.3 Å². The fraction of sp³-hybridized carbons (Fsp3) is 0.786. The van der Waals surface area contributed by atoms with Gasteiger partial charge in [-0.1, -0.05) is 5.21 Å². The van der Waals surface area contributed by atoms with Crippen LogP contribution in [0, 0.1) is 0 Å². The zero-order chi connectivity index (χ0) is 19.8. The first-order valence-corrected chi connectivity index (χ1v) is 9.90. The average molecular weight is 405 g/mol. The molecule has 0 aliphatic carbocycles. The molecule has 2 aliphatic heterocycles. The van der Waals surface area contributed by atoms with Crippen LogP contribution >= 0.6 is 7.82 Å². The number of aromatic nitrogens is 3. The zero-order valence-electron chi connectivity index (χ0n) is 15.0. The van der Waals surface area contributed by atoms with E-state index >= 15 is 0 Å². The summed E-state index contributed by atoms with van der Waals surface area (Å²) >= 11 is 0. The number of hydrogen-bond donors (Lipinski definition) is 2. The van der Waals surface area contributed by atoms with Gasteiger partial charge in [0.05, 0.1) is 19.4 Å². The molecule has 13 heteroatoms. The fourth-order valence-corrected chi connectivity index (χ4v) is 4.11. The number of rotatable bonds is 6. The quantitative estimate of drug-likeness (QED) is 0.554. The Morgan fingerprint density at radius 2 is 2.19 bits per heavy atom. The number of nitrogens with zero attached hydrogens (tertiary/aromatic N) is 3. The number of carbonyl (C=O) groups excluding carboxylic acids is 1. The maximum absolute atomic E-state index is 11.7. The molecule has 27 heavy (non-hydrogen) atoms. The van der Waals surface area contributed by atoms with E-state index in [-0.39, 0.29) is 12.6 Å². The monoisotopic (exact) mass is 405 g/mol. The number of phosphoric ester groups is 1. The maximum atomic E-state index is 11.7. The summed E-state index contributed by atoms with van der Waals surface area (Å²) in [4.78, 5) is 23.3. The van der Waals surface area contributed by atoms with Crippen molar-refractivity contribution in [3.63, 3.8) is 0 Å². The van der Waals surface area contributed by atoms with Crippen molar-refractivity contribution in [3.8, 4) is 0 Å². The van der Waals surface area contributed by atoms with Crippen LogP contribution in [0.25, 0.3) is 0 Å². The molecule has 6 atom stereocenters. The van der Waals surface area contributed by atoms with Crippen molar-refractivity contribution < 1.29 is 37.9 Å². The Morgan fingerprint density at radius 1 is 1.48 bits per heavy atom. The van der Waals surface area contributed by atoms with Crippen LogP contribution in [-0.2, 0) is 34.5 Å². The highest BCUT2D eigenvalue weighted by atomic mass is 31.2. The highest BCUT2D eigenvalue weighted by molar-refractivity contribution is 7.46. The van der Waals surface area contributed by atoms with Gasteiger partial charge in [-0.25, -0.2) is 4.68 Å². The Morgan fingerprint density at radius 3 is 2.78 bits per heavy atom. The standard InChI is InChI=1S/C14H23N4O8P/c1-7(2)18-4-9(16-17-18)6-23-14-11(15-8(3)20)13-12(10(5-19)24-14)25-27(21,22)26-13/h4,7,10-14,19H,5-6H2,1-3H3,(H,15,20)(H,21,22)/p-1/t10-,11-,12+,13-,14-/m1/s1. The lowest BCUT2D eigenvalue weighted by atomic mass is 9.97. The number of fused-ring (bicyclic) bond motifs is 1. The third-order valence-corrected chi connectivity index (χ3v) is 5.18. The number of aliphatic hydroxyl groups is 1. The summed E-state index contributed by atoms with van der Waals surface area (Å²) in [5.41, 5.74) is 0.523. The normalized spacial score (nSPS) is 36.0. The Bertz CT molecular complexity index is 728. The molecule has 3 heterocycles. The second kappa shape index (κ2) is 7.92. The maximum Gasteiger partial charge on any atom is 0.268 e. The van der Waals surface area contributed by atoms with Gasteiger partial charge in [0.2, 0.25) is 5.91 Å². The predicted molar refractivity (Wildman–Crippen MR) is 85.9 cm³/mol. The lowest BCUT2D eigenvalue weighted by molar-refractivity contribution is -0.254. The molecule has 3 rings (SSSR count). The zero-order valence-corrected chi connectivity index (χ0v) is 15.9. The third kappa shape index (κ3) is 4.54. The lowest BCUT2D eigenvalue weighted by Crippen LogP contribution is -2.63.